The minimum Gasteiger partial charge on any atom is -0.480 e. The monoisotopic (exact) mass is 300 g/mol. The molecule has 0 bridgehead atoms. The van der Waals surface area contributed by atoms with Crippen molar-refractivity contribution in [2.45, 2.75) is 70.0 Å². The molecular formula is C15H33BN2O3. The average Bonchev–Trinajstić information content (AvgIpc) is 2.38. The lowest BCUT2D eigenvalue weighted by Crippen LogP contribution is -2.47. The Labute approximate surface area is 130 Å². The third-order valence-electron chi connectivity index (χ3n) is 3.90. The van der Waals surface area contributed by atoms with Crippen LogP contribution >= 0.6 is 0 Å². The Balaban J connectivity index is 3.91. The van der Waals surface area contributed by atoms with Crippen molar-refractivity contribution in [3.8, 4) is 0 Å². The van der Waals surface area contributed by atoms with Crippen LogP contribution in [0.25, 0.3) is 0 Å². The smallest absolute Gasteiger partial charge is 0.323 e. The van der Waals surface area contributed by atoms with E-state index in [1.807, 2.05) is 0 Å². The Morgan fingerprint density at radius 2 is 1.62 bits per heavy atom. The van der Waals surface area contributed by atoms with Crippen LogP contribution in [-0.4, -0.2) is 54.1 Å². The maximum atomic E-state index is 11.4. The first-order valence-electron chi connectivity index (χ1n) is 8.13. The highest BCUT2D eigenvalue weighted by Gasteiger charge is 2.32. The van der Waals surface area contributed by atoms with Crippen molar-refractivity contribution in [1.29, 1.82) is 0 Å². The van der Waals surface area contributed by atoms with Gasteiger partial charge in [-0.1, -0.05) is 38.9 Å². The highest BCUT2D eigenvalue weighted by Crippen LogP contribution is 2.21. The van der Waals surface area contributed by atoms with Crippen molar-refractivity contribution in [2.75, 3.05) is 20.6 Å². The second-order valence-electron chi connectivity index (χ2n) is 6.52. The van der Waals surface area contributed by atoms with Gasteiger partial charge in [0.15, 0.2) is 0 Å². The minimum atomic E-state index is -1.10. The molecule has 0 radical (unpaired) electrons. The van der Waals surface area contributed by atoms with E-state index in [0.717, 1.165) is 45.1 Å². The van der Waals surface area contributed by atoms with E-state index in [4.69, 9.17) is 5.73 Å². The molecule has 0 aliphatic carbocycles. The fraction of sp³-hybridized carbons (Fsp3) is 0.933. The predicted octanol–water partition coefficient (Wildman–Crippen LogP) is 2.06. The van der Waals surface area contributed by atoms with E-state index < -0.39 is 11.5 Å². The fourth-order valence-electron chi connectivity index (χ4n) is 2.44. The van der Waals surface area contributed by atoms with E-state index in [1.54, 1.807) is 6.82 Å². The zero-order valence-electron chi connectivity index (χ0n) is 14.0. The maximum Gasteiger partial charge on any atom is 0.323 e. The van der Waals surface area contributed by atoms with Crippen LogP contribution in [0.15, 0.2) is 0 Å². The third kappa shape index (κ3) is 10.7. The molecule has 0 aromatic carbocycles. The molecule has 124 valence electrons. The summed E-state index contributed by atoms with van der Waals surface area (Å²) in [5.41, 5.74) is 4.95. The molecule has 0 aliphatic rings. The number of nitrogens with zero attached hydrogens (tertiary/aromatic N) is 1. The Morgan fingerprint density at radius 1 is 1.10 bits per heavy atom. The van der Waals surface area contributed by atoms with Gasteiger partial charge in [0.1, 0.15) is 5.54 Å². The highest BCUT2D eigenvalue weighted by atomic mass is 16.4. The summed E-state index contributed by atoms with van der Waals surface area (Å²) >= 11 is 0. The van der Waals surface area contributed by atoms with Gasteiger partial charge in [-0.3, -0.25) is 4.79 Å². The van der Waals surface area contributed by atoms with Crippen LogP contribution in [0.2, 0.25) is 13.1 Å². The van der Waals surface area contributed by atoms with E-state index >= 15 is 0 Å². The number of carboxylic acids is 1. The van der Waals surface area contributed by atoms with Crippen molar-refractivity contribution in [2.24, 2.45) is 5.73 Å². The maximum absolute atomic E-state index is 11.4. The summed E-state index contributed by atoms with van der Waals surface area (Å²) in [6, 6.07) is 0. The molecule has 6 heteroatoms. The molecule has 0 saturated heterocycles. The molecule has 1 unspecified atom stereocenters. The predicted molar refractivity (Wildman–Crippen MR) is 88.7 cm³/mol. The Morgan fingerprint density at radius 3 is 2.10 bits per heavy atom. The molecule has 4 N–H and O–H groups in total. The Bertz CT molecular complexity index is 288. The van der Waals surface area contributed by atoms with Crippen molar-refractivity contribution < 1.29 is 14.9 Å². The van der Waals surface area contributed by atoms with Gasteiger partial charge in [-0.2, -0.15) is 0 Å². The number of carboxylic acid groups (broad SMARTS) is 1. The van der Waals surface area contributed by atoms with Crippen LogP contribution in [0.3, 0.4) is 0 Å². The third-order valence-corrected chi connectivity index (χ3v) is 3.90. The molecule has 0 heterocycles. The highest BCUT2D eigenvalue weighted by molar-refractivity contribution is 6.48. The first-order chi connectivity index (χ1) is 9.78. The van der Waals surface area contributed by atoms with Gasteiger partial charge in [0.05, 0.1) is 0 Å². The first-order valence-corrected chi connectivity index (χ1v) is 8.13. The number of nitrogens with two attached hydrogens (primary N) is 1. The van der Waals surface area contributed by atoms with Crippen LogP contribution in [0.1, 0.15) is 51.4 Å². The molecule has 0 saturated carbocycles. The lowest BCUT2D eigenvalue weighted by atomic mass is 9.66. The zero-order valence-corrected chi connectivity index (χ0v) is 14.0. The summed E-state index contributed by atoms with van der Waals surface area (Å²) in [5.74, 6) is -0.896. The zero-order chi connectivity index (χ0) is 16.3. The quantitative estimate of drug-likeness (QED) is 0.358. The van der Waals surface area contributed by atoms with Crippen LogP contribution in [0.5, 0.6) is 0 Å². The van der Waals surface area contributed by atoms with E-state index in [1.165, 1.54) is 0 Å². The summed E-state index contributed by atoms with van der Waals surface area (Å²) in [6.45, 7) is 2.51. The van der Waals surface area contributed by atoms with Gasteiger partial charge < -0.3 is 20.8 Å². The van der Waals surface area contributed by atoms with E-state index in [2.05, 4.69) is 19.0 Å². The molecule has 21 heavy (non-hydrogen) atoms. The number of aliphatic carboxylic acids is 1. The van der Waals surface area contributed by atoms with Crippen LogP contribution in [0, 0.1) is 0 Å². The van der Waals surface area contributed by atoms with Gasteiger partial charge in [0.2, 0.25) is 0 Å². The number of unbranched alkanes of at least 4 members (excludes halogenated alkanes) is 4. The van der Waals surface area contributed by atoms with Gasteiger partial charge in [0, 0.05) is 0 Å². The van der Waals surface area contributed by atoms with Crippen molar-refractivity contribution in [3.05, 3.63) is 0 Å². The molecule has 0 rings (SSSR count). The van der Waals surface area contributed by atoms with Gasteiger partial charge in [-0.25, -0.2) is 0 Å². The van der Waals surface area contributed by atoms with Gasteiger partial charge >= 0.3 is 5.97 Å². The summed E-state index contributed by atoms with van der Waals surface area (Å²) in [4.78, 5) is 13.5. The van der Waals surface area contributed by atoms with Gasteiger partial charge in [-0.15, -0.1) is 0 Å². The summed E-state index contributed by atoms with van der Waals surface area (Å²) in [6.07, 6.45) is 7.50. The Kier molecular flexibility index (Phi) is 10.7. The summed E-state index contributed by atoms with van der Waals surface area (Å²) in [7, 11) is 4.12. The molecule has 0 spiro atoms. The average molecular weight is 300 g/mol. The molecule has 0 amide bonds. The number of hydrogen-bond acceptors (Lipinski definition) is 4. The van der Waals surface area contributed by atoms with E-state index in [9.17, 15) is 14.9 Å². The number of hydrogen-bond donors (Lipinski definition) is 3. The summed E-state index contributed by atoms with van der Waals surface area (Å²) < 4.78 is 0. The summed E-state index contributed by atoms with van der Waals surface area (Å²) in [5, 5.41) is 18.5. The fourth-order valence-corrected chi connectivity index (χ4v) is 2.44. The van der Waals surface area contributed by atoms with E-state index in [0.29, 0.717) is 19.2 Å². The van der Waals surface area contributed by atoms with Crippen molar-refractivity contribution in [3.63, 3.8) is 0 Å². The first kappa shape index (κ1) is 20.4. The van der Waals surface area contributed by atoms with E-state index in [-0.39, 0.29) is 6.92 Å². The molecule has 0 aliphatic heterocycles. The van der Waals surface area contributed by atoms with Gasteiger partial charge in [0.25, 0.3) is 6.92 Å². The molecule has 1 atom stereocenters. The molecule has 5 nitrogen and oxygen atoms in total. The SMILES string of the molecule is CB(O)CCCCC(N)(CCCCCCN(C)C)C(=O)O. The number of carbonyl (C=O) groups is 1. The number of rotatable bonds is 13. The molecule has 0 fully saturated rings. The molecule has 0 aromatic rings. The van der Waals surface area contributed by atoms with Crippen LogP contribution < -0.4 is 5.73 Å². The standard InChI is InChI=1S/C15H33BN2O3/c1-16(21)12-8-7-11-15(17,14(19)20)10-6-4-5-9-13-18(2)3/h21H,4-13,17H2,1-3H3,(H,19,20). The normalized spacial score (nSPS) is 14.2. The second kappa shape index (κ2) is 11.0. The second-order valence-corrected chi connectivity index (χ2v) is 6.52. The Hall–Kier alpha value is -0.585. The van der Waals surface area contributed by atoms with Crippen LogP contribution in [-0.2, 0) is 4.79 Å². The van der Waals surface area contributed by atoms with Crippen molar-refractivity contribution >= 4 is 12.9 Å². The topological polar surface area (TPSA) is 86.8 Å². The van der Waals surface area contributed by atoms with Gasteiger partial charge in [-0.05, 0) is 46.2 Å². The molecule has 0 aromatic heterocycles. The lowest BCUT2D eigenvalue weighted by molar-refractivity contribution is -0.144. The minimum absolute atomic E-state index is 0.321. The lowest BCUT2D eigenvalue weighted by Gasteiger charge is -2.24. The van der Waals surface area contributed by atoms with Crippen molar-refractivity contribution in [1.82, 2.24) is 4.90 Å². The largest absolute Gasteiger partial charge is 0.480 e. The molecular weight excluding hydrogens is 267 g/mol. The van der Waals surface area contributed by atoms with Crippen LogP contribution in [0.4, 0.5) is 0 Å².